The van der Waals surface area contributed by atoms with Crippen LogP contribution < -0.4 is 5.32 Å². The number of carbonyl (C=O) groups excluding carboxylic acids is 1. The molecule has 0 aliphatic carbocycles. The van der Waals surface area contributed by atoms with Crippen LogP contribution in [0, 0.1) is 0 Å². The summed E-state index contributed by atoms with van der Waals surface area (Å²) in [5.74, 6) is 0.372. The van der Waals surface area contributed by atoms with Gasteiger partial charge in [0, 0.05) is 37.5 Å². The molecule has 2 fully saturated rings. The van der Waals surface area contributed by atoms with Gasteiger partial charge in [0.25, 0.3) is 0 Å². The number of hydrogen-bond acceptors (Lipinski definition) is 4. The van der Waals surface area contributed by atoms with Crippen molar-refractivity contribution in [1.29, 1.82) is 0 Å². The van der Waals surface area contributed by atoms with Crippen LogP contribution in [0.3, 0.4) is 0 Å². The summed E-state index contributed by atoms with van der Waals surface area (Å²) in [5.41, 5.74) is 0. The molecule has 0 spiro atoms. The minimum atomic E-state index is -0.806. The Balaban J connectivity index is 1.74. The molecule has 2 atom stereocenters. The average molecular weight is 315 g/mol. The fourth-order valence-electron chi connectivity index (χ4n) is 2.82. The zero-order valence-electron chi connectivity index (χ0n) is 12.8. The molecule has 0 aromatic rings. The topological polar surface area (TPSA) is 72.9 Å². The van der Waals surface area contributed by atoms with Gasteiger partial charge in [-0.3, -0.25) is 9.69 Å². The van der Waals surface area contributed by atoms with E-state index in [0.29, 0.717) is 32.7 Å². The van der Waals surface area contributed by atoms with E-state index in [1.165, 1.54) is 12.2 Å². The summed E-state index contributed by atoms with van der Waals surface area (Å²) in [5, 5.41) is 12.0. The van der Waals surface area contributed by atoms with Gasteiger partial charge in [-0.15, -0.1) is 0 Å². The van der Waals surface area contributed by atoms with Crippen LogP contribution in [-0.2, 0) is 4.79 Å². The second-order valence-electron chi connectivity index (χ2n) is 6.10. The van der Waals surface area contributed by atoms with Crippen LogP contribution >= 0.6 is 11.8 Å². The number of aliphatic carboxylic acids is 1. The van der Waals surface area contributed by atoms with E-state index in [2.05, 4.69) is 12.2 Å². The predicted molar refractivity (Wildman–Crippen MR) is 83.7 cm³/mol. The number of urea groups is 1. The maximum absolute atomic E-state index is 12.2. The lowest BCUT2D eigenvalue weighted by Gasteiger charge is -2.37. The summed E-state index contributed by atoms with van der Waals surface area (Å²) in [6.07, 6.45) is 2.38. The first-order chi connectivity index (χ1) is 9.91. The molecule has 6 nitrogen and oxygen atoms in total. The fraction of sp³-hybridized carbons (Fsp3) is 0.857. The van der Waals surface area contributed by atoms with Crippen molar-refractivity contribution in [2.45, 2.75) is 37.5 Å². The number of carboxylic acids is 1. The molecule has 0 aromatic heterocycles. The van der Waals surface area contributed by atoms with Crippen molar-refractivity contribution in [2.75, 3.05) is 38.5 Å². The normalized spacial score (nSPS) is 28.4. The zero-order chi connectivity index (χ0) is 15.5. The van der Waals surface area contributed by atoms with E-state index in [-0.39, 0.29) is 10.8 Å². The van der Waals surface area contributed by atoms with Gasteiger partial charge in [0.15, 0.2) is 0 Å². The highest BCUT2D eigenvalue weighted by molar-refractivity contribution is 8.00. The first-order valence-corrected chi connectivity index (χ1v) is 8.53. The van der Waals surface area contributed by atoms with Gasteiger partial charge in [0.05, 0.1) is 0 Å². The largest absolute Gasteiger partial charge is 0.480 e. The molecule has 0 bridgehead atoms. The van der Waals surface area contributed by atoms with E-state index >= 15 is 0 Å². The Morgan fingerprint density at radius 3 is 2.52 bits per heavy atom. The summed E-state index contributed by atoms with van der Waals surface area (Å²) in [6.45, 7) is 7.02. The van der Waals surface area contributed by atoms with Crippen molar-refractivity contribution in [1.82, 2.24) is 15.1 Å². The number of nitrogens with one attached hydrogen (secondary N) is 1. The van der Waals surface area contributed by atoms with Crippen LogP contribution in [0.15, 0.2) is 0 Å². The predicted octanol–water partition coefficient (Wildman–Crippen LogP) is 1.07. The molecule has 2 aliphatic rings. The summed E-state index contributed by atoms with van der Waals surface area (Å²) < 4.78 is 0.176. The van der Waals surface area contributed by atoms with E-state index in [1.807, 2.05) is 16.7 Å². The highest BCUT2D eigenvalue weighted by atomic mass is 32.2. The first-order valence-electron chi connectivity index (χ1n) is 7.55. The van der Waals surface area contributed by atoms with Crippen molar-refractivity contribution < 1.29 is 14.7 Å². The smallest absolute Gasteiger partial charge is 0.320 e. The van der Waals surface area contributed by atoms with Gasteiger partial charge in [-0.1, -0.05) is 0 Å². The van der Waals surface area contributed by atoms with Gasteiger partial charge in [-0.25, -0.2) is 4.79 Å². The molecule has 0 radical (unpaired) electrons. The number of amides is 2. The van der Waals surface area contributed by atoms with Crippen molar-refractivity contribution >= 4 is 23.8 Å². The molecule has 120 valence electrons. The minimum Gasteiger partial charge on any atom is -0.480 e. The third-order valence-electron chi connectivity index (χ3n) is 4.42. The van der Waals surface area contributed by atoms with Crippen LogP contribution in [0.2, 0.25) is 0 Å². The van der Waals surface area contributed by atoms with Gasteiger partial charge >= 0.3 is 12.0 Å². The summed E-state index contributed by atoms with van der Waals surface area (Å²) >= 11 is 1.93. The van der Waals surface area contributed by atoms with Crippen molar-refractivity contribution in [3.8, 4) is 0 Å². The third kappa shape index (κ3) is 4.26. The molecule has 2 unspecified atom stereocenters. The molecule has 2 amide bonds. The maximum Gasteiger partial charge on any atom is 0.320 e. The van der Waals surface area contributed by atoms with Crippen LogP contribution in [0.4, 0.5) is 4.79 Å². The van der Waals surface area contributed by atoms with Crippen LogP contribution in [0.5, 0.6) is 0 Å². The summed E-state index contributed by atoms with van der Waals surface area (Å²) in [4.78, 5) is 26.8. The lowest BCUT2D eigenvalue weighted by molar-refractivity contribution is -0.143. The van der Waals surface area contributed by atoms with E-state index in [9.17, 15) is 9.59 Å². The second kappa shape index (κ2) is 6.87. The molecular weight excluding hydrogens is 290 g/mol. The molecule has 0 saturated carbocycles. The Labute approximate surface area is 130 Å². The third-order valence-corrected chi connectivity index (χ3v) is 5.96. The van der Waals surface area contributed by atoms with Crippen LogP contribution in [0.1, 0.15) is 26.7 Å². The lowest BCUT2D eigenvalue weighted by atomic mass is 10.1. The Hall–Kier alpha value is -0.950. The molecule has 7 heteroatoms. The monoisotopic (exact) mass is 315 g/mol. The number of nitrogens with zero attached hydrogens (tertiary/aromatic N) is 2. The number of carboxylic acid groups (broad SMARTS) is 1. The van der Waals surface area contributed by atoms with E-state index in [1.54, 1.807) is 11.8 Å². The molecule has 2 saturated heterocycles. The molecular formula is C14H25N3O3S. The highest BCUT2D eigenvalue weighted by Crippen LogP contribution is 2.36. The van der Waals surface area contributed by atoms with Crippen LogP contribution in [0.25, 0.3) is 0 Å². The molecule has 21 heavy (non-hydrogen) atoms. The van der Waals surface area contributed by atoms with Crippen molar-refractivity contribution in [3.63, 3.8) is 0 Å². The number of piperazine rings is 1. The first kappa shape index (κ1) is 16.4. The van der Waals surface area contributed by atoms with E-state index < -0.39 is 12.0 Å². The van der Waals surface area contributed by atoms with E-state index in [4.69, 9.17) is 5.11 Å². The standard InChI is InChI=1S/C14H25N3O3S/c1-11(12(18)19)16-5-7-17(8-6-16)13(20)15-10-14(2)4-3-9-21-14/h11H,3-10H2,1-2H3,(H,15,20)(H,18,19). The fourth-order valence-corrected chi connectivity index (χ4v) is 4.06. The Morgan fingerprint density at radius 2 is 2.00 bits per heavy atom. The minimum absolute atomic E-state index is 0.0219. The highest BCUT2D eigenvalue weighted by Gasteiger charge is 2.31. The van der Waals surface area contributed by atoms with Gasteiger partial charge < -0.3 is 15.3 Å². The number of rotatable bonds is 4. The lowest BCUT2D eigenvalue weighted by Crippen LogP contribution is -2.55. The Kier molecular flexibility index (Phi) is 5.37. The molecule has 2 aliphatic heterocycles. The van der Waals surface area contributed by atoms with Gasteiger partial charge in [-0.2, -0.15) is 11.8 Å². The molecule has 2 rings (SSSR count). The Morgan fingerprint density at radius 1 is 1.33 bits per heavy atom. The number of thioether (sulfide) groups is 1. The van der Waals surface area contributed by atoms with Crippen molar-refractivity contribution in [2.24, 2.45) is 0 Å². The SMILES string of the molecule is CC(C(=O)O)N1CCN(C(=O)NCC2(C)CCCS2)CC1. The quantitative estimate of drug-likeness (QED) is 0.812. The average Bonchev–Trinajstić information content (AvgIpc) is 2.91. The number of hydrogen-bond donors (Lipinski definition) is 2. The van der Waals surface area contributed by atoms with Gasteiger partial charge in [0.1, 0.15) is 6.04 Å². The van der Waals surface area contributed by atoms with E-state index in [0.717, 1.165) is 6.42 Å². The zero-order valence-corrected chi connectivity index (χ0v) is 13.6. The number of carbonyl (C=O) groups is 2. The molecule has 2 N–H and O–H groups in total. The summed E-state index contributed by atoms with van der Waals surface area (Å²) in [6, 6.07) is -0.504. The molecule has 2 heterocycles. The van der Waals surface area contributed by atoms with Crippen LogP contribution in [-0.4, -0.2) is 76.2 Å². The second-order valence-corrected chi connectivity index (χ2v) is 7.78. The molecule has 0 aromatic carbocycles. The summed E-state index contributed by atoms with van der Waals surface area (Å²) in [7, 11) is 0. The van der Waals surface area contributed by atoms with Gasteiger partial charge in [-0.05, 0) is 32.4 Å². The van der Waals surface area contributed by atoms with Crippen molar-refractivity contribution in [3.05, 3.63) is 0 Å². The Bertz CT molecular complexity index is 391. The maximum atomic E-state index is 12.2. The van der Waals surface area contributed by atoms with Gasteiger partial charge in [0.2, 0.25) is 0 Å².